The highest BCUT2D eigenvalue weighted by atomic mass is 127. The normalized spacial score (nSPS) is 11.2. The van der Waals surface area contributed by atoms with Crippen LogP contribution in [0.5, 0.6) is 0 Å². The smallest absolute Gasteiger partial charge is 0.264 e. The highest BCUT2D eigenvalue weighted by molar-refractivity contribution is 14.1. The van der Waals surface area contributed by atoms with E-state index in [0.29, 0.717) is 15.7 Å². The van der Waals surface area contributed by atoms with Crippen LogP contribution in [0, 0.1) is 3.57 Å². The number of unbranched alkanes of at least 4 members (excludes halogenated alkanes) is 1. The van der Waals surface area contributed by atoms with Gasteiger partial charge in [-0.05, 0) is 47.2 Å². The summed E-state index contributed by atoms with van der Waals surface area (Å²) in [5, 5.41) is 0. The zero-order valence-corrected chi connectivity index (χ0v) is 12.9. The molecule has 0 spiro atoms. The van der Waals surface area contributed by atoms with Gasteiger partial charge < -0.3 is 5.73 Å². The molecular weight excluding hydrogens is 367 g/mol. The lowest BCUT2D eigenvalue weighted by atomic mass is 10.2. The summed E-state index contributed by atoms with van der Waals surface area (Å²) in [4.78, 5) is 11.5. The molecule has 1 amide bonds. The van der Waals surface area contributed by atoms with Crippen LogP contribution in [0.2, 0.25) is 0 Å². The molecule has 0 aliphatic carbocycles. The van der Waals surface area contributed by atoms with E-state index in [1.807, 2.05) is 34.2 Å². The van der Waals surface area contributed by atoms with Crippen molar-refractivity contribution in [2.75, 3.05) is 5.73 Å². The second kappa shape index (κ2) is 6.37. The van der Waals surface area contributed by atoms with Gasteiger partial charge in [0, 0.05) is 15.7 Å². The Balaban J connectivity index is 2.86. The molecule has 5 nitrogen and oxygen atoms in total. The number of nitrogen functional groups attached to an aromatic ring is 1. The zero-order chi connectivity index (χ0) is 13.8. The monoisotopic (exact) mass is 382 g/mol. The first-order chi connectivity index (χ1) is 8.36. The second-order valence-electron chi connectivity index (χ2n) is 3.82. The third-order valence-corrected chi connectivity index (χ3v) is 4.59. The van der Waals surface area contributed by atoms with Crippen molar-refractivity contribution in [3.8, 4) is 0 Å². The summed E-state index contributed by atoms with van der Waals surface area (Å²) in [6.45, 7) is 1.93. The van der Waals surface area contributed by atoms with Gasteiger partial charge in [-0.15, -0.1) is 0 Å². The number of carbonyl (C=O) groups is 1. The molecule has 18 heavy (non-hydrogen) atoms. The number of halogens is 1. The largest absolute Gasteiger partial charge is 0.398 e. The number of rotatable bonds is 5. The Morgan fingerprint density at radius 1 is 1.44 bits per heavy atom. The van der Waals surface area contributed by atoms with Gasteiger partial charge >= 0.3 is 0 Å². The Morgan fingerprint density at radius 3 is 2.67 bits per heavy atom. The molecule has 0 aliphatic heterocycles. The number of amides is 1. The van der Waals surface area contributed by atoms with Crippen molar-refractivity contribution in [3.63, 3.8) is 0 Å². The standard InChI is InChI=1S/C11H15IN2O3S/c1-2-3-4-11(15)14-18(16,17)8-5-6-10(13)9(12)7-8/h5-7H,2-4,13H2,1H3,(H,14,15). The van der Waals surface area contributed by atoms with Crippen molar-refractivity contribution in [2.24, 2.45) is 0 Å². The average Bonchev–Trinajstić information content (AvgIpc) is 2.29. The predicted molar refractivity (Wildman–Crippen MR) is 78.4 cm³/mol. The first kappa shape index (κ1) is 15.2. The van der Waals surface area contributed by atoms with Crippen molar-refractivity contribution < 1.29 is 13.2 Å². The third kappa shape index (κ3) is 4.13. The quantitative estimate of drug-likeness (QED) is 0.601. The molecule has 0 aliphatic rings. The molecule has 0 saturated heterocycles. The van der Waals surface area contributed by atoms with Crippen molar-refractivity contribution in [2.45, 2.75) is 31.1 Å². The molecule has 0 saturated carbocycles. The molecule has 0 fully saturated rings. The van der Waals surface area contributed by atoms with Gasteiger partial charge in [0.2, 0.25) is 5.91 Å². The van der Waals surface area contributed by atoms with Gasteiger partial charge in [-0.3, -0.25) is 4.79 Å². The molecule has 0 atom stereocenters. The maximum Gasteiger partial charge on any atom is 0.264 e. The molecule has 0 unspecified atom stereocenters. The first-order valence-corrected chi connectivity index (χ1v) is 8.03. The zero-order valence-electron chi connectivity index (χ0n) is 9.94. The number of benzene rings is 1. The Labute approximate surface area is 120 Å². The molecule has 100 valence electrons. The van der Waals surface area contributed by atoms with Gasteiger partial charge in [-0.2, -0.15) is 0 Å². The van der Waals surface area contributed by atoms with Crippen molar-refractivity contribution in [1.29, 1.82) is 0 Å². The number of carbonyl (C=O) groups excluding carboxylic acids is 1. The molecular formula is C11H15IN2O3S. The highest BCUT2D eigenvalue weighted by Gasteiger charge is 2.17. The SMILES string of the molecule is CCCCC(=O)NS(=O)(=O)c1ccc(N)c(I)c1. The van der Waals surface area contributed by atoms with E-state index in [9.17, 15) is 13.2 Å². The van der Waals surface area contributed by atoms with E-state index >= 15 is 0 Å². The lowest BCUT2D eigenvalue weighted by Crippen LogP contribution is -2.30. The minimum Gasteiger partial charge on any atom is -0.398 e. The molecule has 1 aromatic rings. The minimum atomic E-state index is -3.79. The van der Waals surface area contributed by atoms with Crippen LogP contribution in [0.15, 0.2) is 23.1 Å². The van der Waals surface area contributed by atoms with E-state index in [4.69, 9.17) is 5.73 Å². The maximum atomic E-state index is 11.9. The van der Waals surface area contributed by atoms with Crippen LogP contribution in [0.4, 0.5) is 5.69 Å². The predicted octanol–water partition coefficient (Wildman–Crippen LogP) is 1.87. The maximum absolute atomic E-state index is 11.9. The summed E-state index contributed by atoms with van der Waals surface area (Å²) >= 11 is 1.94. The van der Waals surface area contributed by atoms with Gasteiger partial charge in [-0.1, -0.05) is 13.3 Å². The topological polar surface area (TPSA) is 89.3 Å². The fraction of sp³-hybridized carbons (Fsp3) is 0.364. The molecule has 0 aromatic heterocycles. The molecule has 3 N–H and O–H groups in total. The van der Waals surface area contributed by atoms with E-state index in [1.165, 1.54) is 18.2 Å². The van der Waals surface area contributed by atoms with Crippen LogP contribution in [0.25, 0.3) is 0 Å². The van der Waals surface area contributed by atoms with Crippen molar-refractivity contribution in [3.05, 3.63) is 21.8 Å². The number of hydrogen-bond donors (Lipinski definition) is 2. The Hall–Kier alpha value is -0.830. The molecule has 7 heteroatoms. The van der Waals surface area contributed by atoms with Crippen molar-refractivity contribution in [1.82, 2.24) is 4.72 Å². The van der Waals surface area contributed by atoms with Gasteiger partial charge in [-0.25, -0.2) is 13.1 Å². The van der Waals surface area contributed by atoms with Crippen molar-refractivity contribution >= 4 is 44.2 Å². The number of nitrogens with two attached hydrogens (primary N) is 1. The summed E-state index contributed by atoms with van der Waals surface area (Å²) in [5.41, 5.74) is 6.12. The summed E-state index contributed by atoms with van der Waals surface area (Å²) < 4.78 is 26.5. The van der Waals surface area contributed by atoms with Crippen LogP contribution in [-0.4, -0.2) is 14.3 Å². The van der Waals surface area contributed by atoms with Gasteiger partial charge in [0.1, 0.15) is 0 Å². The average molecular weight is 382 g/mol. The third-order valence-electron chi connectivity index (χ3n) is 2.29. The number of hydrogen-bond acceptors (Lipinski definition) is 4. The second-order valence-corrected chi connectivity index (χ2v) is 6.66. The van der Waals surface area contributed by atoms with E-state index in [2.05, 4.69) is 0 Å². The van der Waals surface area contributed by atoms with E-state index in [0.717, 1.165) is 6.42 Å². The molecule has 0 bridgehead atoms. The summed E-state index contributed by atoms with van der Waals surface area (Å²) in [5.74, 6) is -0.483. The first-order valence-electron chi connectivity index (χ1n) is 5.47. The fourth-order valence-corrected chi connectivity index (χ4v) is 3.04. The minimum absolute atomic E-state index is 0.0472. The van der Waals surface area contributed by atoms with Crippen LogP contribution in [0.3, 0.4) is 0 Å². The van der Waals surface area contributed by atoms with Crippen LogP contribution in [-0.2, 0) is 14.8 Å². The molecule has 0 radical (unpaired) electrons. The Bertz CT molecular complexity index is 543. The van der Waals surface area contributed by atoms with Crippen LogP contribution >= 0.6 is 22.6 Å². The Morgan fingerprint density at radius 2 is 2.11 bits per heavy atom. The van der Waals surface area contributed by atoms with E-state index in [-0.39, 0.29) is 11.3 Å². The van der Waals surface area contributed by atoms with E-state index in [1.54, 1.807) is 0 Å². The lowest BCUT2D eigenvalue weighted by Gasteiger charge is -2.07. The van der Waals surface area contributed by atoms with Gasteiger partial charge in [0.15, 0.2) is 0 Å². The molecule has 1 rings (SSSR count). The number of sulfonamides is 1. The van der Waals surface area contributed by atoms with E-state index < -0.39 is 15.9 Å². The molecule has 1 aromatic carbocycles. The number of nitrogens with one attached hydrogen (secondary N) is 1. The van der Waals surface area contributed by atoms with Crippen LogP contribution in [0.1, 0.15) is 26.2 Å². The highest BCUT2D eigenvalue weighted by Crippen LogP contribution is 2.19. The Kier molecular flexibility index (Phi) is 5.39. The summed E-state index contributed by atoms with van der Waals surface area (Å²) in [6.07, 6.45) is 1.72. The molecule has 0 heterocycles. The lowest BCUT2D eigenvalue weighted by molar-refractivity contribution is -0.119. The fourth-order valence-electron chi connectivity index (χ4n) is 1.27. The number of anilines is 1. The summed E-state index contributed by atoms with van der Waals surface area (Å²) in [6, 6.07) is 4.32. The van der Waals surface area contributed by atoms with Crippen LogP contribution < -0.4 is 10.5 Å². The van der Waals surface area contributed by atoms with Gasteiger partial charge in [0.25, 0.3) is 10.0 Å². The van der Waals surface area contributed by atoms with Gasteiger partial charge in [0.05, 0.1) is 4.90 Å². The summed E-state index contributed by atoms with van der Waals surface area (Å²) in [7, 11) is -3.79.